The number of nitrogens with zero attached hydrogens (tertiary/aromatic N) is 1. The van der Waals surface area contributed by atoms with Crippen LogP contribution in [0.5, 0.6) is 0 Å². The van der Waals surface area contributed by atoms with Crippen molar-refractivity contribution in [2.45, 2.75) is 47.1 Å². The minimum absolute atomic E-state index is 0.204. The summed E-state index contributed by atoms with van der Waals surface area (Å²) in [5, 5.41) is 11.3. The van der Waals surface area contributed by atoms with Crippen molar-refractivity contribution in [3.63, 3.8) is 0 Å². The summed E-state index contributed by atoms with van der Waals surface area (Å²) in [5.74, 6) is 0. The summed E-state index contributed by atoms with van der Waals surface area (Å²) in [6.45, 7) is 15.3. The van der Waals surface area contributed by atoms with Gasteiger partial charge >= 0.3 is 0 Å². The van der Waals surface area contributed by atoms with Gasteiger partial charge in [-0.25, -0.2) is 0 Å². The van der Waals surface area contributed by atoms with Gasteiger partial charge in [0.25, 0.3) is 0 Å². The second-order valence-corrected chi connectivity index (χ2v) is 6.44. The van der Waals surface area contributed by atoms with Gasteiger partial charge in [0.1, 0.15) is 5.60 Å². The van der Waals surface area contributed by atoms with Gasteiger partial charge in [-0.3, -0.25) is 0 Å². The zero-order chi connectivity index (χ0) is 14.7. The summed E-state index contributed by atoms with van der Waals surface area (Å²) in [5.41, 5.74) is 1.21. The van der Waals surface area contributed by atoms with Crippen molar-refractivity contribution in [3.8, 4) is 0 Å². The van der Waals surface area contributed by atoms with E-state index in [4.69, 9.17) is 0 Å². The Hall–Kier alpha value is -0.860. The third-order valence-electron chi connectivity index (χ3n) is 4.12. The van der Waals surface area contributed by atoms with Crippen LogP contribution in [0.3, 0.4) is 0 Å². The van der Waals surface area contributed by atoms with Gasteiger partial charge in [0.2, 0.25) is 0 Å². The Balaban J connectivity index is 3.16. The molecule has 19 heavy (non-hydrogen) atoms. The molecule has 0 heterocycles. The highest BCUT2D eigenvalue weighted by Gasteiger charge is 2.42. The van der Waals surface area contributed by atoms with Crippen molar-refractivity contribution in [1.29, 1.82) is 0 Å². The standard InChI is InChI=1S/C17H29NO/c1-7-18(8-2)13-17(19,16(4,5)6)15-11-9-14(3)10-12-15/h9-12,19H,7-8,13H2,1-6H3. The van der Waals surface area contributed by atoms with Crippen molar-refractivity contribution in [1.82, 2.24) is 4.90 Å². The van der Waals surface area contributed by atoms with Crippen molar-refractivity contribution >= 4 is 0 Å². The van der Waals surface area contributed by atoms with E-state index >= 15 is 0 Å². The molecule has 0 amide bonds. The predicted molar refractivity (Wildman–Crippen MR) is 82.3 cm³/mol. The lowest BCUT2D eigenvalue weighted by Gasteiger charge is -2.43. The van der Waals surface area contributed by atoms with Crippen LogP contribution < -0.4 is 0 Å². The van der Waals surface area contributed by atoms with E-state index in [0.717, 1.165) is 18.7 Å². The van der Waals surface area contributed by atoms with Crippen LogP contribution >= 0.6 is 0 Å². The molecule has 2 heteroatoms. The van der Waals surface area contributed by atoms with Crippen molar-refractivity contribution in [3.05, 3.63) is 35.4 Å². The van der Waals surface area contributed by atoms with E-state index in [2.05, 4.69) is 70.7 Å². The van der Waals surface area contributed by atoms with Crippen LogP contribution in [-0.2, 0) is 5.60 Å². The molecule has 0 saturated carbocycles. The van der Waals surface area contributed by atoms with Gasteiger partial charge in [-0.1, -0.05) is 64.4 Å². The molecule has 1 unspecified atom stereocenters. The molecule has 1 atom stereocenters. The minimum atomic E-state index is -0.827. The monoisotopic (exact) mass is 263 g/mol. The summed E-state index contributed by atoms with van der Waals surface area (Å²) in [6.07, 6.45) is 0. The van der Waals surface area contributed by atoms with E-state index in [9.17, 15) is 5.11 Å². The van der Waals surface area contributed by atoms with Crippen LogP contribution in [0.1, 0.15) is 45.7 Å². The first-order valence-electron chi connectivity index (χ1n) is 7.26. The zero-order valence-corrected chi connectivity index (χ0v) is 13.3. The molecule has 0 bridgehead atoms. The van der Waals surface area contributed by atoms with Crippen LogP contribution in [0.2, 0.25) is 0 Å². The number of aliphatic hydroxyl groups is 1. The second-order valence-electron chi connectivity index (χ2n) is 6.44. The molecular formula is C17H29NO. The molecule has 0 saturated heterocycles. The Morgan fingerprint density at radius 2 is 1.47 bits per heavy atom. The molecular weight excluding hydrogens is 234 g/mol. The molecule has 1 aromatic carbocycles. The first-order chi connectivity index (χ1) is 8.74. The Morgan fingerprint density at radius 1 is 1.00 bits per heavy atom. The van der Waals surface area contributed by atoms with E-state index in [1.165, 1.54) is 5.56 Å². The highest BCUT2D eigenvalue weighted by Crippen LogP contribution is 2.40. The SMILES string of the molecule is CCN(CC)CC(O)(c1ccc(C)cc1)C(C)(C)C. The van der Waals surface area contributed by atoms with Crippen LogP contribution in [-0.4, -0.2) is 29.6 Å². The summed E-state index contributed by atoms with van der Waals surface area (Å²) in [4.78, 5) is 2.28. The lowest BCUT2D eigenvalue weighted by Crippen LogP contribution is -2.49. The smallest absolute Gasteiger partial charge is 0.107 e. The topological polar surface area (TPSA) is 23.5 Å². The number of likely N-dealkylation sites (N-methyl/N-ethyl adjacent to an activating group) is 1. The van der Waals surface area contributed by atoms with Gasteiger partial charge in [-0.05, 0) is 31.0 Å². The maximum Gasteiger partial charge on any atom is 0.107 e. The van der Waals surface area contributed by atoms with Gasteiger partial charge in [-0.15, -0.1) is 0 Å². The molecule has 0 aliphatic heterocycles. The lowest BCUT2D eigenvalue weighted by molar-refractivity contribution is -0.0856. The van der Waals surface area contributed by atoms with Crippen LogP contribution in [0, 0.1) is 12.3 Å². The van der Waals surface area contributed by atoms with E-state index in [1.54, 1.807) is 0 Å². The first-order valence-corrected chi connectivity index (χ1v) is 7.26. The van der Waals surface area contributed by atoms with Crippen molar-refractivity contribution < 1.29 is 5.11 Å². The van der Waals surface area contributed by atoms with Gasteiger partial charge in [0.15, 0.2) is 0 Å². The fourth-order valence-corrected chi connectivity index (χ4v) is 2.36. The molecule has 1 aromatic rings. The highest BCUT2D eigenvalue weighted by molar-refractivity contribution is 5.28. The summed E-state index contributed by atoms with van der Waals surface area (Å²) >= 11 is 0. The molecule has 0 aromatic heterocycles. The summed E-state index contributed by atoms with van der Waals surface area (Å²) < 4.78 is 0. The van der Waals surface area contributed by atoms with Crippen molar-refractivity contribution in [2.75, 3.05) is 19.6 Å². The molecule has 0 radical (unpaired) electrons. The largest absolute Gasteiger partial charge is 0.383 e. The van der Waals surface area contributed by atoms with Gasteiger partial charge in [0, 0.05) is 6.54 Å². The number of rotatable bonds is 5. The number of hydrogen-bond acceptors (Lipinski definition) is 2. The third-order valence-corrected chi connectivity index (χ3v) is 4.12. The average molecular weight is 263 g/mol. The fraction of sp³-hybridized carbons (Fsp3) is 0.647. The normalized spacial score (nSPS) is 15.6. The second kappa shape index (κ2) is 6.06. The Bertz CT molecular complexity index is 387. The number of hydrogen-bond donors (Lipinski definition) is 1. The molecule has 1 N–H and O–H groups in total. The van der Waals surface area contributed by atoms with Crippen LogP contribution in [0.15, 0.2) is 24.3 Å². The quantitative estimate of drug-likeness (QED) is 0.878. The Kier molecular flexibility index (Phi) is 5.17. The Morgan fingerprint density at radius 3 is 1.84 bits per heavy atom. The maximum absolute atomic E-state index is 11.3. The third kappa shape index (κ3) is 3.58. The molecule has 1 rings (SSSR count). The van der Waals surface area contributed by atoms with Gasteiger partial charge in [-0.2, -0.15) is 0 Å². The Labute approximate surface area is 118 Å². The fourth-order valence-electron chi connectivity index (χ4n) is 2.36. The van der Waals surface area contributed by atoms with E-state index in [1.807, 2.05) is 0 Å². The van der Waals surface area contributed by atoms with Crippen LogP contribution in [0.4, 0.5) is 0 Å². The first kappa shape index (κ1) is 16.2. The van der Waals surface area contributed by atoms with Gasteiger partial charge < -0.3 is 10.0 Å². The average Bonchev–Trinajstić information content (AvgIpc) is 2.35. The molecule has 0 aliphatic rings. The molecule has 108 valence electrons. The minimum Gasteiger partial charge on any atom is -0.383 e. The summed E-state index contributed by atoms with van der Waals surface area (Å²) in [7, 11) is 0. The lowest BCUT2D eigenvalue weighted by atomic mass is 9.71. The number of benzene rings is 1. The number of aryl methyl sites for hydroxylation is 1. The molecule has 0 aliphatic carbocycles. The van der Waals surface area contributed by atoms with E-state index in [0.29, 0.717) is 6.54 Å². The molecule has 2 nitrogen and oxygen atoms in total. The zero-order valence-electron chi connectivity index (χ0n) is 13.3. The van der Waals surface area contributed by atoms with Gasteiger partial charge in [0.05, 0.1) is 0 Å². The van der Waals surface area contributed by atoms with E-state index < -0.39 is 5.60 Å². The molecule has 0 fully saturated rings. The molecule has 0 spiro atoms. The van der Waals surface area contributed by atoms with Crippen LogP contribution in [0.25, 0.3) is 0 Å². The maximum atomic E-state index is 11.3. The highest BCUT2D eigenvalue weighted by atomic mass is 16.3. The predicted octanol–water partition coefficient (Wildman–Crippen LogP) is 3.57. The van der Waals surface area contributed by atoms with E-state index in [-0.39, 0.29) is 5.41 Å². The summed E-state index contributed by atoms with van der Waals surface area (Å²) in [6, 6.07) is 8.27. The van der Waals surface area contributed by atoms with Crippen molar-refractivity contribution in [2.24, 2.45) is 5.41 Å².